The summed E-state index contributed by atoms with van der Waals surface area (Å²) in [5.41, 5.74) is 2.27. The summed E-state index contributed by atoms with van der Waals surface area (Å²) in [5, 5.41) is 18.4. The second-order valence-electron chi connectivity index (χ2n) is 7.31. The molecule has 0 radical (unpaired) electrons. The number of amides is 1. The topological polar surface area (TPSA) is 105 Å². The molecule has 0 bridgehead atoms. The molecule has 2 aromatic heterocycles. The summed E-state index contributed by atoms with van der Waals surface area (Å²) in [6, 6.07) is 23.1. The van der Waals surface area contributed by atoms with Gasteiger partial charge in [0, 0.05) is 29.1 Å². The summed E-state index contributed by atoms with van der Waals surface area (Å²) >= 11 is 0. The molecule has 7 nitrogen and oxygen atoms in total. The Morgan fingerprint density at radius 2 is 1.61 bits per heavy atom. The van der Waals surface area contributed by atoms with E-state index >= 15 is 0 Å². The highest BCUT2D eigenvalue weighted by molar-refractivity contribution is 6.14. The molecular weight excluding hydrogens is 418 g/mol. The molecule has 160 valence electrons. The van der Waals surface area contributed by atoms with E-state index in [1.54, 1.807) is 54.9 Å². The second kappa shape index (κ2) is 8.39. The summed E-state index contributed by atoms with van der Waals surface area (Å²) in [5.74, 6) is -1.44. The average Bonchev–Trinajstić information content (AvgIpc) is 3.27. The first-order valence-corrected chi connectivity index (χ1v) is 10.2. The zero-order valence-electron chi connectivity index (χ0n) is 17.2. The van der Waals surface area contributed by atoms with Crippen molar-refractivity contribution in [3.63, 3.8) is 0 Å². The molecule has 0 saturated carbocycles. The van der Waals surface area contributed by atoms with Crippen LogP contribution in [-0.4, -0.2) is 27.1 Å². The van der Waals surface area contributed by atoms with Crippen LogP contribution in [0.4, 0.5) is 5.88 Å². The van der Waals surface area contributed by atoms with Gasteiger partial charge in [0.1, 0.15) is 5.69 Å². The lowest BCUT2D eigenvalue weighted by Gasteiger charge is -2.10. The van der Waals surface area contributed by atoms with Gasteiger partial charge in [-0.15, -0.1) is 0 Å². The first kappa shape index (κ1) is 20.1. The van der Waals surface area contributed by atoms with E-state index in [0.717, 1.165) is 10.8 Å². The highest BCUT2D eigenvalue weighted by Gasteiger charge is 2.25. The zero-order chi connectivity index (χ0) is 22.8. The Morgan fingerprint density at radius 3 is 2.42 bits per heavy atom. The number of carbonyl (C=O) groups excluding carboxylic acids is 1. The molecule has 0 unspecified atom stereocenters. The number of aromatic nitrogens is 2. The van der Waals surface area contributed by atoms with Crippen LogP contribution in [0.3, 0.4) is 0 Å². The van der Waals surface area contributed by atoms with E-state index in [1.165, 1.54) is 6.07 Å². The molecule has 0 atom stereocenters. The van der Waals surface area contributed by atoms with E-state index in [4.69, 9.17) is 4.52 Å². The van der Waals surface area contributed by atoms with E-state index in [2.05, 4.69) is 15.5 Å². The fourth-order valence-corrected chi connectivity index (χ4v) is 3.81. The summed E-state index contributed by atoms with van der Waals surface area (Å²) in [6.45, 7) is 0. The van der Waals surface area contributed by atoms with Crippen molar-refractivity contribution in [1.82, 2.24) is 10.1 Å². The molecule has 0 saturated heterocycles. The molecule has 5 aromatic rings. The van der Waals surface area contributed by atoms with Crippen molar-refractivity contribution < 1.29 is 19.2 Å². The normalized spacial score (nSPS) is 10.8. The van der Waals surface area contributed by atoms with Crippen molar-refractivity contribution in [2.45, 2.75) is 0 Å². The predicted octanol–water partition coefficient (Wildman–Crippen LogP) is 5.51. The number of carboxylic acids is 1. The minimum absolute atomic E-state index is 0.0560. The van der Waals surface area contributed by atoms with Crippen LogP contribution in [0.2, 0.25) is 0 Å². The van der Waals surface area contributed by atoms with Crippen LogP contribution >= 0.6 is 0 Å². The van der Waals surface area contributed by atoms with Gasteiger partial charge < -0.3 is 9.63 Å². The van der Waals surface area contributed by atoms with Crippen molar-refractivity contribution in [2.24, 2.45) is 0 Å². The summed E-state index contributed by atoms with van der Waals surface area (Å²) in [6.07, 6.45) is 3.22. The molecule has 0 spiro atoms. The molecular formula is C26H17N3O4. The molecule has 0 aliphatic carbocycles. The number of hydrogen-bond acceptors (Lipinski definition) is 5. The standard InChI is InChI=1S/C26H17N3O4/c30-24(20-13-5-8-16-7-1-2-10-18(16)20)28-25-22(19-11-3-4-12-21(19)26(31)32)23(29-33-25)17-9-6-14-27-15-17/h1-15H,(H,28,30)(H,31,32). The van der Waals surface area contributed by atoms with Gasteiger partial charge in [-0.1, -0.05) is 59.8 Å². The lowest BCUT2D eigenvalue weighted by Crippen LogP contribution is -2.13. The van der Waals surface area contributed by atoms with Crippen molar-refractivity contribution >= 4 is 28.5 Å². The zero-order valence-corrected chi connectivity index (χ0v) is 17.2. The molecule has 2 heterocycles. The van der Waals surface area contributed by atoms with Crippen LogP contribution in [0.15, 0.2) is 95.8 Å². The third-order valence-electron chi connectivity index (χ3n) is 5.32. The summed E-state index contributed by atoms with van der Waals surface area (Å²) < 4.78 is 5.54. The highest BCUT2D eigenvalue weighted by atomic mass is 16.5. The van der Waals surface area contributed by atoms with Crippen molar-refractivity contribution in [3.8, 4) is 22.4 Å². The number of nitrogens with zero attached hydrogens (tertiary/aromatic N) is 2. The first-order valence-electron chi connectivity index (χ1n) is 10.2. The number of fused-ring (bicyclic) bond motifs is 1. The quantitative estimate of drug-likeness (QED) is 0.377. The molecule has 5 rings (SSSR count). The molecule has 0 fully saturated rings. The highest BCUT2D eigenvalue weighted by Crippen LogP contribution is 2.39. The van der Waals surface area contributed by atoms with Gasteiger partial charge in [0.25, 0.3) is 5.91 Å². The van der Waals surface area contributed by atoms with Gasteiger partial charge in [0.15, 0.2) is 0 Å². The summed E-state index contributed by atoms with van der Waals surface area (Å²) in [4.78, 5) is 29.3. The van der Waals surface area contributed by atoms with Gasteiger partial charge in [0.05, 0.1) is 11.1 Å². The molecule has 7 heteroatoms. The largest absolute Gasteiger partial charge is 0.478 e. The molecule has 0 aliphatic heterocycles. The maximum Gasteiger partial charge on any atom is 0.336 e. The Kier molecular flexibility index (Phi) is 5.12. The number of carbonyl (C=O) groups is 2. The number of carboxylic acid groups (broad SMARTS) is 1. The Labute approximate surface area is 188 Å². The Bertz CT molecular complexity index is 1490. The third kappa shape index (κ3) is 3.72. The molecule has 33 heavy (non-hydrogen) atoms. The number of pyridine rings is 1. The minimum atomic E-state index is -1.10. The van der Waals surface area contributed by atoms with Gasteiger partial charge in [0.2, 0.25) is 5.88 Å². The second-order valence-corrected chi connectivity index (χ2v) is 7.31. The van der Waals surface area contributed by atoms with Gasteiger partial charge >= 0.3 is 5.97 Å². The number of benzene rings is 3. The lowest BCUT2D eigenvalue weighted by atomic mass is 9.97. The summed E-state index contributed by atoms with van der Waals surface area (Å²) in [7, 11) is 0. The number of nitrogens with one attached hydrogen (secondary N) is 1. The SMILES string of the molecule is O=C(O)c1ccccc1-c1c(-c2cccnc2)noc1NC(=O)c1cccc2ccccc12. The van der Waals surface area contributed by atoms with Crippen LogP contribution in [0.5, 0.6) is 0 Å². The van der Waals surface area contributed by atoms with Crippen LogP contribution < -0.4 is 5.32 Å². The van der Waals surface area contributed by atoms with Gasteiger partial charge in [-0.05, 0) is 35.0 Å². The number of rotatable bonds is 5. The Morgan fingerprint density at radius 1 is 0.848 bits per heavy atom. The van der Waals surface area contributed by atoms with E-state index in [9.17, 15) is 14.7 Å². The predicted molar refractivity (Wildman–Crippen MR) is 124 cm³/mol. The van der Waals surface area contributed by atoms with Gasteiger partial charge in [-0.3, -0.25) is 15.1 Å². The smallest absolute Gasteiger partial charge is 0.336 e. The molecule has 2 N–H and O–H groups in total. The lowest BCUT2D eigenvalue weighted by molar-refractivity contribution is 0.0697. The van der Waals surface area contributed by atoms with Crippen molar-refractivity contribution in [2.75, 3.05) is 5.32 Å². The molecule has 1 amide bonds. The maximum absolute atomic E-state index is 13.2. The van der Waals surface area contributed by atoms with Crippen LogP contribution in [-0.2, 0) is 0 Å². The average molecular weight is 435 g/mol. The van der Waals surface area contributed by atoms with Gasteiger partial charge in [-0.2, -0.15) is 0 Å². The van der Waals surface area contributed by atoms with E-state index in [0.29, 0.717) is 27.9 Å². The minimum Gasteiger partial charge on any atom is -0.478 e. The maximum atomic E-state index is 13.2. The number of hydrogen-bond donors (Lipinski definition) is 2. The van der Waals surface area contributed by atoms with Gasteiger partial charge in [-0.25, -0.2) is 4.79 Å². The number of anilines is 1. The first-order chi connectivity index (χ1) is 16.1. The van der Waals surface area contributed by atoms with E-state index < -0.39 is 11.9 Å². The van der Waals surface area contributed by atoms with E-state index in [1.807, 2.05) is 30.3 Å². The molecule has 0 aliphatic rings. The molecule has 3 aromatic carbocycles. The fraction of sp³-hybridized carbons (Fsp3) is 0. The van der Waals surface area contributed by atoms with Crippen LogP contribution in [0.25, 0.3) is 33.2 Å². The Balaban J connectivity index is 1.65. The van der Waals surface area contributed by atoms with Crippen molar-refractivity contribution in [1.29, 1.82) is 0 Å². The number of aromatic carboxylic acids is 1. The fourth-order valence-electron chi connectivity index (χ4n) is 3.81. The Hall–Kier alpha value is -4.78. The van der Waals surface area contributed by atoms with Crippen LogP contribution in [0.1, 0.15) is 20.7 Å². The third-order valence-corrected chi connectivity index (χ3v) is 5.32. The van der Waals surface area contributed by atoms with E-state index in [-0.39, 0.29) is 11.4 Å². The monoisotopic (exact) mass is 435 g/mol. The van der Waals surface area contributed by atoms with Crippen molar-refractivity contribution in [3.05, 3.63) is 102 Å². The van der Waals surface area contributed by atoms with Crippen LogP contribution in [0, 0.1) is 0 Å².